The van der Waals surface area contributed by atoms with E-state index in [1.165, 1.54) is 11.1 Å². The third-order valence-electron chi connectivity index (χ3n) is 7.30. The molecule has 0 aromatic heterocycles. The number of carbonyl (C=O) groups is 1. The highest BCUT2D eigenvalue weighted by molar-refractivity contribution is 5.95. The summed E-state index contributed by atoms with van der Waals surface area (Å²) in [4.78, 5) is 12.8. The quantitative estimate of drug-likeness (QED) is 0.388. The number of amides is 1. The number of hydrogen-bond acceptors (Lipinski definition) is 7. The van der Waals surface area contributed by atoms with Gasteiger partial charge < -0.3 is 15.2 Å². The number of benzene rings is 2. The summed E-state index contributed by atoms with van der Waals surface area (Å²) in [6, 6.07) is 12.4. The van der Waals surface area contributed by atoms with Crippen molar-refractivity contribution in [1.82, 2.24) is 16.3 Å². The molecule has 8 heteroatoms. The normalized spacial score (nSPS) is 17.4. The number of nitrogens with zero attached hydrogens (tertiary/aromatic N) is 2. The molecule has 0 saturated carbocycles. The first-order chi connectivity index (χ1) is 16.9. The summed E-state index contributed by atoms with van der Waals surface area (Å²) in [6.07, 6.45) is 0.327. The Morgan fingerprint density at radius 1 is 1.08 bits per heavy atom. The molecule has 2 aromatic rings. The molecular weight excluding hydrogens is 454 g/mol. The predicted molar refractivity (Wildman–Crippen MR) is 142 cm³/mol. The van der Waals surface area contributed by atoms with Crippen LogP contribution in [0.1, 0.15) is 87.0 Å². The van der Waals surface area contributed by atoms with E-state index in [1.54, 1.807) is 0 Å². The van der Waals surface area contributed by atoms with Gasteiger partial charge in [0.1, 0.15) is 11.9 Å². The lowest BCUT2D eigenvalue weighted by Gasteiger charge is -2.35. The maximum Gasteiger partial charge on any atom is 0.254 e. The Bertz CT molecular complexity index is 1100. The van der Waals surface area contributed by atoms with E-state index in [0.717, 1.165) is 29.7 Å². The number of nitrogens with one attached hydrogen (secondary N) is 3. The van der Waals surface area contributed by atoms with Gasteiger partial charge in [-0.2, -0.15) is 5.43 Å². The first-order valence-electron chi connectivity index (χ1n) is 12.7. The number of hydrogen-bond donors (Lipinski definition) is 4. The lowest BCUT2D eigenvalue weighted by molar-refractivity contribution is -0.0234. The Kier molecular flexibility index (Phi) is 8.41. The Hall–Kier alpha value is -2.97. The molecule has 1 heterocycles. The molecule has 0 spiro atoms. The number of aliphatic hydroxyl groups excluding tert-OH is 1. The topological polar surface area (TPSA) is 107 Å². The average molecular weight is 496 g/mol. The molecule has 0 fully saturated rings. The van der Waals surface area contributed by atoms with E-state index < -0.39 is 12.4 Å². The van der Waals surface area contributed by atoms with Crippen LogP contribution in [0.3, 0.4) is 0 Å². The van der Waals surface area contributed by atoms with Crippen molar-refractivity contribution in [2.24, 2.45) is 15.8 Å². The van der Waals surface area contributed by atoms with Crippen LogP contribution in [0.25, 0.3) is 0 Å². The molecular formula is C28H41N5O3. The van der Waals surface area contributed by atoms with Crippen molar-refractivity contribution < 1.29 is 14.6 Å². The molecule has 1 aliphatic rings. The van der Waals surface area contributed by atoms with Crippen molar-refractivity contribution in [2.45, 2.75) is 92.1 Å². The fourth-order valence-electron chi connectivity index (χ4n) is 4.97. The zero-order valence-corrected chi connectivity index (χ0v) is 22.8. The number of aliphatic hydroxyl groups is 1. The van der Waals surface area contributed by atoms with Gasteiger partial charge in [0, 0.05) is 11.0 Å². The molecule has 8 nitrogen and oxygen atoms in total. The van der Waals surface area contributed by atoms with Gasteiger partial charge in [-0.15, -0.1) is 5.11 Å². The van der Waals surface area contributed by atoms with Gasteiger partial charge in [0.05, 0.1) is 6.10 Å². The van der Waals surface area contributed by atoms with Crippen LogP contribution in [0.5, 0.6) is 5.75 Å². The SMILES string of the molecule is CCC(CC)(c1ccc(OC(C)C(O)C(C)(C)C)c(C)c1)c1ccc(C(=O)NC2N=NNN2)c(C)c1. The monoisotopic (exact) mass is 495 g/mol. The Morgan fingerprint density at radius 3 is 2.19 bits per heavy atom. The van der Waals surface area contributed by atoms with Crippen LogP contribution in [0, 0.1) is 19.3 Å². The second-order valence-electron chi connectivity index (χ2n) is 10.8. The van der Waals surface area contributed by atoms with Crippen LogP contribution in [0.4, 0.5) is 0 Å². The molecule has 4 N–H and O–H groups in total. The van der Waals surface area contributed by atoms with Crippen LogP contribution in [-0.4, -0.2) is 29.5 Å². The van der Waals surface area contributed by atoms with Crippen molar-refractivity contribution in [1.29, 1.82) is 0 Å². The fraction of sp³-hybridized carbons (Fsp3) is 0.536. The molecule has 0 bridgehead atoms. The van der Waals surface area contributed by atoms with E-state index in [-0.39, 0.29) is 22.8 Å². The smallest absolute Gasteiger partial charge is 0.254 e. The van der Waals surface area contributed by atoms with Crippen molar-refractivity contribution in [3.63, 3.8) is 0 Å². The van der Waals surface area contributed by atoms with Gasteiger partial charge in [0.15, 0.2) is 0 Å². The zero-order chi connectivity index (χ0) is 26.7. The lowest BCUT2D eigenvalue weighted by Crippen LogP contribution is -2.44. The number of aryl methyl sites for hydroxylation is 2. The van der Waals surface area contributed by atoms with Crippen molar-refractivity contribution in [3.05, 3.63) is 64.2 Å². The molecule has 1 aliphatic heterocycles. The van der Waals surface area contributed by atoms with Crippen LogP contribution in [0.2, 0.25) is 0 Å². The van der Waals surface area contributed by atoms with E-state index in [0.29, 0.717) is 5.56 Å². The van der Waals surface area contributed by atoms with Crippen molar-refractivity contribution in [3.8, 4) is 5.75 Å². The van der Waals surface area contributed by atoms with Gasteiger partial charge in [-0.1, -0.05) is 64.1 Å². The molecule has 3 unspecified atom stereocenters. The molecule has 1 amide bonds. The lowest BCUT2D eigenvalue weighted by atomic mass is 9.70. The first-order valence-corrected chi connectivity index (χ1v) is 12.7. The number of ether oxygens (including phenoxy) is 1. The summed E-state index contributed by atoms with van der Waals surface area (Å²) >= 11 is 0. The van der Waals surface area contributed by atoms with Crippen molar-refractivity contribution >= 4 is 5.91 Å². The highest BCUT2D eigenvalue weighted by Gasteiger charge is 2.33. The first kappa shape index (κ1) is 27.6. The fourth-order valence-corrected chi connectivity index (χ4v) is 4.97. The Labute approximate surface area is 214 Å². The maximum absolute atomic E-state index is 12.8. The van der Waals surface area contributed by atoms with E-state index >= 15 is 0 Å². The highest BCUT2D eigenvalue weighted by Crippen LogP contribution is 2.41. The standard InChI is InChI=1S/C28H41N5O3/c1-9-28(10-2,20-11-13-22(17(3)15-20)25(35)29-26-30-32-33-31-26)21-12-14-23(18(4)16-21)36-19(5)24(34)27(6,7)8/h11-16,19,24,26,34H,9-10H2,1-8H3,(H,29,35)(H,30,33)(H,31,32). The number of rotatable bonds is 9. The molecule has 3 atom stereocenters. The summed E-state index contributed by atoms with van der Waals surface area (Å²) < 4.78 is 6.17. The van der Waals surface area contributed by atoms with Gasteiger partial charge in [-0.3, -0.25) is 4.79 Å². The number of carbonyl (C=O) groups excluding carboxylic acids is 1. The van der Waals surface area contributed by atoms with E-state index in [4.69, 9.17) is 4.74 Å². The van der Waals surface area contributed by atoms with E-state index in [1.807, 2.05) is 53.7 Å². The van der Waals surface area contributed by atoms with Gasteiger partial charge in [-0.25, -0.2) is 5.53 Å². The van der Waals surface area contributed by atoms with Crippen LogP contribution in [-0.2, 0) is 5.41 Å². The zero-order valence-electron chi connectivity index (χ0n) is 22.8. The predicted octanol–water partition coefficient (Wildman–Crippen LogP) is 5.07. The Morgan fingerprint density at radius 2 is 1.69 bits per heavy atom. The molecule has 0 saturated heterocycles. The average Bonchev–Trinajstić information content (AvgIpc) is 3.33. The van der Waals surface area contributed by atoms with Crippen molar-refractivity contribution in [2.75, 3.05) is 0 Å². The summed E-state index contributed by atoms with van der Waals surface area (Å²) in [5.41, 5.74) is 9.72. The molecule has 196 valence electrons. The van der Waals surface area contributed by atoms with Gasteiger partial charge in [0.2, 0.25) is 6.29 Å². The van der Waals surface area contributed by atoms with Crippen LogP contribution < -0.4 is 21.0 Å². The maximum atomic E-state index is 12.8. The molecule has 2 aromatic carbocycles. The minimum Gasteiger partial charge on any atom is -0.488 e. The van der Waals surface area contributed by atoms with E-state index in [2.05, 4.69) is 64.7 Å². The highest BCUT2D eigenvalue weighted by atomic mass is 16.5. The van der Waals surface area contributed by atoms with E-state index in [9.17, 15) is 9.90 Å². The second-order valence-corrected chi connectivity index (χ2v) is 10.8. The molecule has 3 rings (SSSR count). The summed E-state index contributed by atoms with van der Waals surface area (Å²) in [5, 5.41) is 20.9. The molecule has 0 radical (unpaired) electrons. The third-order valence-corrected chi connectivity index (χ3v) is 7.30. The molecule has 0 aliphatic carbocycles. The Balaban J connectivity index is 1.88. The van der Waals surface area contributed by atoms with Crippen LogP contribution in [0.15, 0.2) is 46.7 Å². The minimum absolute atomic E-state index is 0.204. The number of hydrazine groups is 1. The second kappa shape index (κ2) is 11.0. The van der Waals surface area contributed by atoms with Crippen LogP contribution >= 0.6 is 0 Å². The summed E-state index contributed by atoms with van der Waals surface area (Å²) in [6.45, 7) is 16.3. The van der Waals surface area contributed by atoms with Gasteiger partial charge in [-0.05, 0) is 73.4 Å². The summed E-state index contributed by atoms with van der Waals surface area (Å²) in [7, 11) is 0. The van der Waals surface area contributed by atoms with Gasteiger partial charge in [0.25, 0.3) is 5.91 Å². The summed E-state index contributed by atoms with van der Waals surface area (Å²) in [5.74, 6) is 0.577. The van der Waals surface area contributed by atoms with Gasteiger partial charge >= 0.3 is 0 Å². The molecule has 36 heavy (non-hydrogen) atoms. The minimum atomic E-state index is -0.585. The third kappa shape index (κ3) is 5.71. The largest absolute Gasteiger partial charge is 0.488 e.